The van der Waals surface area contributed by atoms with Gasteiger partial charge in [0.25, 0.3) is 6.43 Å². The summed E-state index contributed by atoms with van der Waals surface area (Å²) in [6.45, 7) is 5.05. The van der Waals surface area contributed by atoms with Crippen LogP contribution >= 0.6 is 0 Å². The molecule has 3 rings (SSSR count). The Labute approximate surface area is 143 Å². The van der Waals surface area contributed by atoms with E-state index in [1.54, 1.807) is 43.8 Å². The van der Waals surface area contributed by atoms with Crippen LogP contribution in [0.5, 0.6) is 0 Å². The molecule has 0 saturated heterocycles. The number of nitrogens with zero attached hydrogens (tertiary/aromatic N) is 5. The average Bonchev–Trinajstić information content (AvgIpc) is 2.98. The lowest BCUT2D eigenvalue weighted by Crippen LogP contribution is -2.06. The lowest BCUT2D eigenvalue weighted by molar-refractivity contribution is 0.122. The van der Waals surface area contributed by atoms with Gasteiger partial charge in [-0.05, 0) is 25.1 Å². The Morgan fingerprint density at radius 2 is 2.16 bits per heavy atom. The first-order valence-corrected chi connectivity index (χ1v) is 7.55. The Morgan fingerprint density at radius 3 is 2.84 bits per heavy atom. The summed E-state index contributed by atoms with van der Waals surface area (Å²) in [5.74, 6) is 0.378. The van der Waals surface area contributed by atoms with E-state index in [0.717, 1.165) is 5.56 Å². The predicted octanol–water partition coefficient (Wildman–Crippen LogP) is 3.61. The van der Waals surface area contributed by atoms with Gasteiger partial charge in [0.15, 0.2) is 0 Å². The van der Waals surface area contributed by atoms with Crippen molar-refractivity contribution < 1.29 is 8.78 Å². The Kier molecular flexibility index (Phi) is 4.78. The molecular weight excluding hydrogens is 326 g/mol. The zero-order valence-corrected chi connectivity index (χ0v) is 13.5. The van der Waals surface area contributed by atoms with Gasteiger partial charge in [0.2, 0.25) is 5.95 Å². The molecule has 128 valence electrons. The number of rotatable bonds is 6. The molecule has 0 fully saturated rings. The lowest BCUT2D eigenvalue weighted by Gasteiger charge is -2.06. The van der Waals surface area contributed by atoms with Crippen LogP contribution in [-0.4, -0.2) is 31.2 Å². The summed E-state index contributed by atoms with van der Waals surface area (Å²) in [5, 5.41) is 7.22. The molecule has 0 saturated carbocycles. The molecule has 0 atom stereocenters. The Bertz CT molecular complexity index is 876. The van der Waals surface area contributed by atoms with Crippen LogP contribution in [0.25, 0.3) is 22.5 Å². The van der Waals surface area contributed by atoms with Gasteiger partial charge in [-0.3, -0.25) is 9.67 Å². The number of aromatic nitrogens is 5. The van der Waals surface area contributed by atoms with E-state index in [1.807, 2.05) is 6.07 Å². The van der Waals surface area contributed by atoms with Crippen molar-refractivity contribution in [2.45, 2.75) is 19.9 Å². The number of pyridine rings is 1. The maximum Gasteiger partial charge on any atom is 0.257 e. The van der Waals surface area contributed by atoms with Crippen molar-refractivity contribution in [2.24, 2.45) is 0 Å². The van der Waals surface area contributed by atoms with E-state index in [1.165, 1.54) is 4.68 Å². The van der Waals surface area contributed by atoms with Crippen LogP contribution in [0.2, 0.25) is 0 Å². The lowest BCUT2D eigenvalue weighted by atomic mass is 10.1. The van der Waals surface area contributed by atoms with Gasteiger partial charge in [-0.15, -0.1) is 0 Å². The smallest absolute Gasteiger partial charge is 0.257 e. The van der Waals surface area contributed by atoms with E-state index < -0.39 is 13.0 Å². The van der Waals surface area contributed by atoms with Gasteiger partial charge in [-0.25, -0.2) is 18.7 Å². The SMILES string of the molecule is C=C(C)Nc1nccc(-c2cn(CC(F)F)nc2-c2cccnc2)n1. The fraction of sp³-hybridized carbons (Fsp3) is 0.176. The van der Waals surface area contributed by atoms with Crippen LogP contribution in [0.15, 0.2) is 55.3 Å². The van der Waals surface area contributed by atoms with E-state index in [0.29, 0.717) is 28.6 Å². The molecule has 6 nitrogen and oxygen atoms in total. The highest BCUT2D eigenvalue weighted by atomic mass is 19.3. The molecular formula is C17H16F2N6. The number of halogens is 2. The molecule has 0 aliphatic rings. The van der Waals surface area contributed by atoms with E-state index in [4.69, 9.17) is 0 Å². The maximum absolute atomic E-state index is 12.8. The van der Waals surface area contributed by atoms with Crippen LogP contribution in [0, 0.1) is 0 Å². The normalized spacial score (nSPS) is 10.9. The monoisotopic (exact) mass is 342 g/mol. The maximum atomic E-state index is 12.8. The van der Waals surface area contributed by atoms with Crippen LogP contribution in [-0.2, 0) is 6.54 Å². The molecule has 0 amide bonds. The first-order chi connectivity index (χ1) is 12.0. The molecule has 25 heavy (non-hydrogen) atoms. The summed E-state index contributed by atoms with van der Waals surface area (Å²) in [4.78, 5) is 12.6. The summed E-state index contributed by atoms with van der Waals surface area (Å²) in [6.07, 6.45) is 3.92. The average molecular weight is 342 g/mol. The predicted molar refractivity (Wildman–Crippen MR) is 90.9 cm³/mol. The van der Waals surface area contributed by atoms with Crippen LogP contribution < -0.4 is 5.32 Å². The van der Waals surface area contributed by atoms with Gasteiger partial charge < -0.3 is 5.32 Å². The standard InChI is InChI=1S/C17H16F2N6/c1-11(2)22-17-21-7-5-14(23-17)13-9-25(10-15(18)19)24-16(13)12-4-3-6-20-8-12/h3-9,15H,1,10H2,2H3,(H,21,22,23). The molecule has 3 aromatic heterocycles. The van der Waals surface area contributed by atoms with E-state index >= 15 is 0 Å². The third-order valence-corrected chi connectivity index (χ3v) is 3.28. The molecule has 0 unspecified atom stereocenters. The van der Waals surface area contributed by atoms with Gasteiger partial charge in [0, 0.05) is 41.6 Å². The molecule has 0 bridgehead atoms. The molecule has 1 N–H and O–H groups in total. The Morgan fingerprint density at radius 1 is 1.32 bits per heavy atom. The van der Waals surface area contributed by atoms with Crippen molar-refractivity contribution in [3.8, 4) is 22.5 Å². The van der Waals surface area contributed by atoms with Crippen molar-refractivity contribution in [1.82, 2.24) is 24.7 Å². The number of hydrogen-bond acceptors (Lipinski definition) is 5. The van der Waals surface area contributed by atoms with Crippen LogP contribution in [0.1, 0.15) is 6.92 Å². The highest BCUT2D eigenvalue weighted by Gasteiger charge is 2.17. The van der Waals surface area contributed by atoms with Gasteiger partial charge in [-0.2, -0.15) is 5.10 Å². The molecule has 0 spiro atoms. The summed E-state index contributed by atoms with van der Waals surface area (Å²) in [5.41, 5.74) is 3.14. The summed E-state index contributed by atoms with van der Waals surface area (Å²) in [7, 11) is 0. The number of anilines is 1. The zero-order valence-electron chi connectivity index (χ0n) is 13.5. The fourth-order valence-corrected chi connectivity index (χ4v) is 2.32. The van der Waals surface area contributed by atoms with E-state index in [2.05, 4.69) is 31.9 Å². The van der Waals surface area contributed by atoms with Gasteiger partial charge in [-0.1, -0.05) is 6.58 Å². The molecule has 8 heteroatoms. The summed E-state index contributed by atoms with van der Waals surface area (Å²) >= 11 is 0. The summed E-state index contributed by atoms with van der Waals surface area (Å²) < 4.78 is 26.7. The minimum atomic E-state index is -2.50. The van der Waals surface area contributed by atoms with Crippen LogP contribution in [0.4, 0.5) is 14.7 Å². The fourth-order valence-electron chi connectivity index (χ4n) is 2.32. The number of hydrogen-bond donors (Lipinski definition) is 1. The minimum Gasteiger partial charge on any atom is -0.329 e. The molecule has 3 heterocycles. The molecule has 0 radical (unpaired) electrons. The van der Waals surface area contributed by atoms with Crippen molar-refractivity contribution in [2.75, 3.05) is 5.32 Å². The second-order valence-corrected chi connectivity index (χ2v) is 5.42. The van der Waals surface area contributed by atoms with Crippen molar-refractivity contribution in [1.29, 1.82) is 0 Å². The Hall–Kier alpha value is -3.16. The second-order valence-electron chi connectivity index (χ2n) is 5.42. The minimum absolute atomic E-state index is 0.378. The first-order valence-electron chi connectivity index (χ1n) is 7.55. The Balaban J connectivity index is 2.08. The van der Waals surface area contributed by atoms with E-state index in [-0.39, 0.29) is 0 Å². The first kappa shape index (κ1) is 16.7. The highest BCUT2D eigenvalue weighted by molar-refractivity contribution is 5.78. The number of allylic oxidation sites excluding steroid dienone is 1. The van der Waals surface area contributed by atoms with Crippen LogP contribution in [0.3, 0.4) is 0 Å². The van der Waals surface area contributed by atoms with Gasteiger partial charge >= 0.3 is 0 Å². The van der Waals surface area contributed by atoms with Gasteiger partial charge in [0.1, 0.15) is 12.2 Å². The largest absolute Gasteiger partial charge is 0.329 e. The highest BCUT2D eigenvalue weighted by Crippen LogP contribution is 2.30. The van der Waals surface area contributed by atoms with Crippen molar-refractivity contribution >= 4 is 5.95 Å². The molecule has 0 aliphatic heterocycles. The number of alkyl halides is 2. The molecule has 0 aliphatic carbocycles. The van der Waals surface area contributed by atoms with Crippen molar-refractivity contribution in [3.63, 3.8) is 0 Å². The third-order valence-electron chi connectivity index (χ3n) is 3.28. The summed E-state index contributed by atoms with van der Waals surface area (Å²) in [6, 6.07) is 5.28. The third kappa shape index (κ3) is 4.03. The quantitative estimate of drug-likeness (QED) is 0.741. The zero-order chi connectivity index (χ0) is 17.8. The topological polar surface area (TPSA) is 68.5 Å². The van der Waals surface area contributed by atoms with Crippen molar-refractivity contribution in [3.05, 3.63) is 55.3 Å². The van der Waals surface area contributed by atoms with Gasteiger partial charge in [0.05, 0.1) is 5.69 Å². The molecule has 3 aromatic rings. The molecule has 0 aromatic carbocycles. The second kappa shape index (κ2) is 7.16. The van der Waals surface area contributed by atoms with E-state index in [9.17, 15) is 8.78 Å². The number of nitrogens with one attached hydrogen (secondary N) is 1.